The summed E-state index contributed by atoms with van der Waals surface area (Å²) in [6.45, 7) is -0.0444. The molecule has 0 bridgehead atoms. The summed E-state index contributed by atoms with van der Waals surface area (Å²) in [6, 6.07) is 9.92. The van der Waals surface area contributed by atoms with E-state index in [1.54, 1.807) is 12.1 Å². The molecule has 3 aromatic rings. The van der Waals surface area contributed by atoms with Crippen molar-refractivity contribution in [3.05, 3.63) is 47.3 Å². The quantitative estimate of drug-likeness (QED) is 0.668. The van der Waals surface area contributed by atoms with E-state index in [-0.39, 0.29) is 12.3 Å². The summed E-state index contributed by atoms with van der Waals surface area (Å²) >= 11 is 1.49. The van der Waals surface area contributed by atoms with Crippen LogP contribution in [0.2, 0.25) is 0 Å². The van der Waals surface area contributed by atoms with Crippen LogP contribution in [0.25, 0.3) is 10.7 Å². The van der Waals surface area contributed by atoms with Gasteiger partial charge in [0, 0.05) is 11.3 Å². The fourth-order valence-corrected chi connectivity index (χ4v) is 3.18. The van der Waals surface area contributed by atoms with Gasteiger partial charge in [-0.2, -0.15) is 4.80 Å². The molecule has 0 radical (unpaired) electrons. The molecule has 0 spiro atoms. The third-order valence-electron chi connectivity index (χ3n) is 2.99. The summed E-state index contributed by atoms with van der Waals surface area (Å²) in [4.78, 5) is 14.4. The number of hydrogen-bond donors (Lipinski definition) is 1. The highest BCUT2D eigenvalue weighted by atomic mass is 32.2. The van der Waals surface area contributed by atoms with Crippen molar-refractivity contribution >= 4 is 32.8 Å². The SMILES string of the molecule is CS(=O)(=O)Nc1ccc(C(=O)Cn2nnc(-c3cccs3)n2)cc1. The van der Waals surface area contributed by atoms with Crippen LogP contribution < -0.4 is 4.72 Å². The normalized spacial score (nSPS) is 11.4. The summed E-state index contributed by atoms with van der Waals surface area (Å²) in [7, 11) is -3.34. The molecule has 0 aliphatic carbocycles. The van der Waals surface area contributed by atoms with E-state index in [1.807, 2.05) is 17.5 Å². The number of anilines is 1. The average molecular weight is 363 g/mol. The topological polar surface area (TPSA) is 107 Å². The standard InChI is InChI=1S/C14H13N5O3S2/c1-24(21,22)17-11-6-4-10(5-7-11)12(20)9-19-16-14(15-18-19)13-3-2-8-23-13/h2-8,17H,9H2,1H3. The molecule has 0 saturated carbocycles. The van der Waals surface area contributed by atoms with Crippen LogP contribution in [0.15, 0.2) is 41.8 Å². The van der Waals surface area contributed by atoms with Gasteiger partial charge in [-0.3, -0.25) is 9.52 Å². The maximum Gasteiger partial charge on any atom is 0.229 e. The zero-order valence-corrected chi connectivity index (χ0v) is 14.2. The van der Waals surface area contributed by atoms with Gasteiger partial charge in [-0.25, -0.2) is 8.42 Å². The summed E-state index contributed by atoms with van der Waals surface area (Å²) in [6.07, 6.45) is 1.06. The van der Waals surface area contributed by atoms with Crippen LogP contribution in [-0.4, -0.2) is 40.7 Å². The molecule has 10 heteroatoms. The minimum Gasteiger partial charge on any atom is -0.292 e. The second-order valence-electron chi connectivity index (χ2n) is 5.00. The van der Waals surface area contributed by atoms with Gasteiger partial charge in [0.15, 0.2) is 5.78 Å². The number of nitrogens with zero attached hydrogens (tertiary/aromatic N) is 4. The van der Waals surface area contributed by atoms with Crippen LogP contribution in [0.5, 0.6) is 0 Å². The number of tetrazole rings is 1. The Labute approximate surface area is 142 Å². The molecule has 2 aromatic heterocycles. The highest BCUT2D eigenvalue weighted by Crippen LogP contribution is 2.19. The van der Waals surface area contributed by atoms with Gasteiger partial charge in [-0.1, -0.05) is 6.07 Å². The number of ketones is 1. The van der Waals surface area contributed by atoms with Crippen molar-refractivity contribution < 1.29 is 13.2 Å². The number of thiophene rings is 1. The first-order valence-electron chi connectivity index (χ1n) is 6.83. The molecule has 0 atom stereocenters. The molecule has 0 aliphatic rings. The molecule has 0 saturated heterocycles. The third-order valence-corrected chi connectivity index (χ3v) is 4.46. The number of carbonyl (C=O) groups is 1. The molecule has 0 aliphatic heterocycles. The molecule has 24 heavy (non-hydrogen) atoms. The first-order chi connectivity index (χ1) is 11.4. The van der Waals surface area contributed by atoms with Gasteiger partial charge in [-0.15, -0.1) is 21.5 Å². The van der Waals surface area contributed by atoms with Gasteiger partial charge in [0.1, 0.15) is 6.54 Å². The monoisotopic (exact) mass is 363 g/mol. The Morgan fingerprint density at radius 3 is 2.62 bits per heavy atom. The molecular formula is C14H13N5O3S2. The van der Waals surface area contributed by atoms with Gasteiger partial charge >= 0.3 is 0 Å². The Morgan fingerprint density at radius 2 is 2.00 bits per heavy atom. The van der Waals surface area contributed by atoms with E-state index < -0.39 is 10.0 Å². The summed E-state index contributed by atoms with van der Waals surface area (Å²) in [5.74, 6) is 0.279. The van der Waals surface area contributed by atoms with Crippen LogP contribution in [0.1, 0.15) is 10.4 Å². The van der Waals surface area contributed by atoms with E-state index in [4.69, 9.17) is 0 Å². The van der Waals surface area contributed by atoms with Crippen LogP contribution in [0, 0.1) is 0 Å². The largest absolute Gasteiger partial charge is 0.292 e. The van der Waals surface area contributed by atoms with Crippen LogP contribution in [0.4, 0.5) is 5.69 Å². The van der Waals surface area contributed by atoms with Gasteiger partial charge in [-0.05, 0) is 40.9 Å². The van der Waals surface area contributed by atoms with Gasteiger partial charge in [0.25, 0.3) is 0 Å². The molecular weight excluding hydrogens is 350 g/mol. The Balaban J connectivity index is 1.69. The second-order valence-corrected chi connectivity index (χ2v) is 7.69. The smallest absolute Gasteiger partial charge is 0.229 e. The molecule has 0 unspecified atom stereocenters. The van der Waals surface area contributed by atoms with Crippen molar-refractivity contribution in [3.8, 4) is 10.7 Å². The number of aromatic nitrogens is 4. The minimum atomic E-state index is -3.34. The van der Waals surface area contributed by atoms with Crippen molar-refractivity contribution in [1.82, 2.24) is 20.2 Å². The highest BCUT2D eigenvalue weighted by molar-refractivity contribution is 7.92. The number of carbonyl (C=O) groups excluding carboxylic acids is 1. The van der Waals surface area contributed by atoms with E-state index in [2.05, 4.69) is 20.1 Å². The van der Waals surface area contributed by atoms with E-state index in [1.165, 1.54) is 28.3 Å². The summed E-state index contributed by atoms with van der Waals surface area (Å²) < 4.78 is 24.7. The van der Waals surface area contributed by atoms with Crippen molar-refractivity contribution in [2.45, 2.75) is 6.54 Å². The van der Waals surface area contributed by atoms with Crippen LogP contribution in [0.3, 0.4) is 0 Å². The van der Waals surface area contributed by atoms with E-state index in [0.29, 0.717) is 17.1 Å². The first-order valence-corrected chi connectivity index (χ1v) is 9.60. The van der Waals surface area contributed by atoms with Crippen molar-refractivity contribution in [1.29, 1.82) is 0 Å². The molecule has 124 valence electrons. The molecule has 0 fully saturated rings. The van der Waals surface area contributed by atoms with Crippen LogP contribution in [-0.2, 0) is 16.6 Å². The molecule has 2 heterocycles. The Morgan fingerprint density at radius 1 is 1.25 bits per heavy atom. The molecule has 1 aromatic carbocycles. The zero-order chi connectivity index (χ0) is 17.2. The number of benzene rings is 1. The van der Waals surface area contributed by atoms with E-state index in [0.717, 1.165) is 11.1 Å². The van der Waals surface area contributed by atoms with Gasteiger partial charge in [0.2, 0.25) is 15.8 Å². The maximum atomic E-state index is 12.2. The molecule has 8 nitrogen and oxygen atoms in total. The number of nitrogens with one attached hydrogen (secondary N) is 1. The lowest BCUT2D eigenvalue weighted by atomic mass is 10.1. The predicted octanol–water partition coefficient (Wildman–Crippen LogP) is 1.66. The van der Waals surface area contributed by atoms with E-state index >= 15 is 0 Å². The number of hydrogen-bond acceptors (Lipinski definition) is 7. The fourth-order valence-electron chi connectivity index (χ4n) is 1.97. The third kappa shape index (κ3) is 4.03. The highest BCUT2D eigenvalue weighted by Gasteiger charge is 2.12. The molecule has 3 rings (SSSR count). The van der Waals surface area contributed by atoms with Crippen molar-refractivity contribution in [2.24, 2.45) is 0 Å². The lowest BCUT2D eigenvalue weighted by Crippen LogP contribution is -2.13. The Bertz CT molecular complexity index is 947. The maximum absolute atomic E-state index is 12.2. The number of sulfonamides is 1. The average Bonchev–Trinajstić information content (AvgIpc) is 3.16. The first kappa shape index (κ1) is 16.3. The zero-order valence-electron chi connectivity index (χ0n) is 12.6. The van der Waals surface area contributed by atoms with Crippen LogP contribution >= 0.6 is 11.3 Å². The predicted molar refractivity (Wildman–Crippen MR) is 90.4 cm³/mol. The minimum absolute atomic E-state index is 0.0444. The fraction of sp³-hybridized carbons (Fsp3) is 0.143. The summed E-state index contributed by atoms with van der Waals surface area (Å²) in [5.41, 5.74) is 0.830. The Kier molecular flexibility index (Phi) is 4.40. The summed E-state index contributed by atoms with van der Waals surface area (Å²) in [5, 5.41) is 13.9. The second kappa shape index (κ2) is 6.49. The number of rotatable bonds is 6. The molecule has 1 N–H and O–H groups in total. The Hall–Kier alpha value is -2.59. The van der Waals surface area contributed by atoms with Gasteiger partial charge in [0.05, 0.1) is 11.1 Å². The van der Waals surface area contributed by atoms with E-state index in [9.17, 15) is 13.2 Å². The lowest BCUT2D eigenvalue weighted by Gasteiger charge is -2.04. The van der Waals surface area contributed by atoms with Gasteiger partial charge < -0.3 is 0 Å². The van der Waals surface area contributed by atoms with Crippen molar-refractivity contribution in [3.63, 3.8) is 0 Å². The lowest BCUT2D eigenvalue weighted by molar-refractivity contribution is 0.0961. The molecule has 0 amide bonds. The van der Waals surface area contributed by atoms with Crippen molar-refractivity contribution in [2.75, 3.05) is 11.0 Å². The number of Topliss-reactive ketones (excluding diaryl/α,β-unsaturated/α-hetero) is 1.